The van der Waals surface area contributed by atoms with Gasteiger partial charge in [-0.25, -0.2) is 8.42 Å². The van der Waals surface area contributed by atoms with E-state index in [2.05, 4.69) is 5.32 Å². The summed E-state index contributed by atoms with van der Waals surface area (Å²) in [6.07, 6.45) is 1.17. The molecule has 21 heavy (non-hydrogen) atoms. The largest absolute Gasteiger partial charge is 0.326 e. The third kappa shape index (κ3) is 4.16. The Morgan fingerprint density at radius 3 is 2.48 bits per heavy atom. The Labute approximate surface area is 124 Å². The first-order chi connectivity index (χ1) is 9.86. The van der Waals surface area contributed by atoms with E-state index in [0.29, 0.717) is 11.3 Å². The van der Waals surface area contributed by atoms with E-state index in [1.165, 1.54) is 6.07 Å². The third-order valence-corrected chi connectivity index (χ3v) is 4.22. The molecule has 2 rings (SSSR count). The molecule has 0 aliphatic carbocycles. The molecular weight excluding hydrogens is 286 g/mol. The molecule has 1 N–H and O–H groups in total. The standard InChI is InChI=1S/C16H17NO3S/c1-12-6-5-8-14(10-12)17-16(18)11-13-7-3-4-9-15(13)21(2,19)20/h3-10H,11H2,1-2H3,(H,17,18). The minimum Gasteiger partial charge on any atom is -0.326 e. The number of carbonyl (C=O) groups is 1. The smallest absolute Gasteiger partial charge is 0.228 e. The van der Waals surface area contributed by atoms with E-state index in [4.69, 9.17) is 0 Å². The number of rotatable bonds is 4. The first kappa shape index (κ1) is 15.3. The van der Waals surface area contributed by atoms with Crippen molar-refractivity contribution < 1.29 is 13.2 Å². The molecule has 0 radical (unpaired) electrons. The van der Waals surface area contributed by atoms with E-state index in [1.54, 1.807) is 24.3 Å². The molecule has 0 aliphatic heterocycles. The summed E-state index contributed by atoms with van der Waals surface area (Å²) in [7, 11) is -3.34. The number of amides is 1. The maximum atomic E-state index is 12.1. The number of nitrogens with one attached hydrogen (secondary N) is 1. The molecule has 0 aromatic heterocycles. The van der Waals surface area contributed by atoms with Crippen LogP contribution in [0.1, 0.15) is 11.1 Å². The summed E-state index contributed by atoms with van der Waals surface area (Å²) < 4.78 is 23.4. The summed E-state index contributed by atoms with van der Waals surface area (Å²) in [4.78, 5) is 12.3. The van der Waals surface area contributed by atoms with Crippen molar-refractivity contribution >= 4 is 21.4 Å². The Morgan fingerprint density at radius 1 is 1.10 bits per heavy atom. The van der Waals surface area contributed by atoms with Crippen LogP contribution in [-0.4, -0.2) is 20.6 Å². The van der Waals surface area contributed by atoms with Gasteiger partial charge < -0.3 is 5.32 Å². The molecule has 0 spiro atoms. The molecule has 2 aromatic rings. The lowest BCUT2D eigenvalue weighted by atomic mass is 10.1. The number of carbonyl (C=O) groups excluding carboxylic acids is 1. The summed E-state index contributed by atoms with van der Waals surface area (Å²) in [6.45, 7) is 1.94. The molecule has 0 atom stereocenters. The number of hydrogen-bond acceptors (Lipinski definition) is 3. The minimum absolute atomic E-state index is 0.0250. The lowest BCUT2D eigenvalue weighted by molar-refractivity contribution is -0.115. The summed E-state index contributed by atoms with van der Waals surface area (Å²) in [5.74, 6) is -0.239. The summed E-state index contributed by atoms with van der Waals surface area (Å²) in [5.41, 5.74) is 2.26. The van der Waals surface area contributed by atoms with Gasteiger partial charge in [0.25, 0.3) is 0 Å². The van der Waals surface area contributed by atoms with Crippen LogP contribution in [0.3, 0.4) is 0 Å². The highest BCUT2D eigenvalue weighted by Crippen LogP contribution is 2.17. The molecule has 5 heteroatoms. The average molecular weight is 303 g/mol. The van der Waals surface area contributed by atoms with Gasteiger partial charge in [0.2, 0.25) is 5.91 Å². The second kappa shape index (κ2) is 6.10. The highest BCUT2D eigenvalue weighted by atomic mass is 32.2. The van der Waals surface area contributed by atoms with Crippen LogP contribution in [-0.2, 0) is 21.1 Å². The van der Waals surface area contributed by atoms with Crippen LogP contribution in [0.25, 0.3) is 0 Å². The van der Waals surface area contributed by atoms with Crippen molar-refractivity contribution in [2.45, 2.75) is 18.2 Å². The second-order valence-electron chi connectivity index (χ2n) is 4.97. The van der Waals surface area contributed by atoms with E-state index in [1.807, 2.05) is 25.1 Å². The van der Waals surface area contributed by atoms with Crippen molar-refractivity contribution in [2.75, 3.05) is 11.6 Å². The predicted octanol–water partition coefficient (Wildman–Crippen LogP) is 2.58. The Bertz CT molecular complexity index is 767. The zero-order chi connectivity index (χ0) is 15.5. The van der Waals surface area contributed by atoms with Gasteiger partial charge in [-0.2, -0.15) is 0 Å². The number of hydrogen-bond donors (Lipinski definition) is 1. The maximum absolute atomic E-state index is 12.1. The van der Waals surface area contributed by atoms with E-state index >= 15 is 0 Å². The fourth-order valence-electron chi connectivity index (χ4n) is 2.11. The zero-order valence-corrected chi connectivity index (χ0v) is 12.8. The predicted molar refractivity (Wildman–Crippen MR) is 83.1 cm³/mol. The van der Waals surface area contributed by atoms with Crippen molar-refractivity contribution in [2.24, 2.45) is 0 Å². The van der Waals surface area contributed by atoms with E-state index in [9.17, 15) is 13.2 Å². The van der Waals surface area contributed by atoms with Crippen LogP contribution < -0.4 is 5.32 Å². The first-order valence-electron chi connectivity index (χ1n) is 6.51. The fraction of sp³-hybridized carbons (Fsp3) is 0.188. The van der Waals surface area contributed by atoms with Gasteiger partial charge >= 0.3 is 0 Å². The summed E-state index contributed by atoms with van der Waals surface area (Å²) in [6, 6.07) is 14.0. The highest BCUT2D eigenvalue weighted by molar-refractivity contribution is 7.90. The Hall–Kier alpha value is -2.14. The van der Waals surface area contributed by atoms with Gasteiger partial charge in [0.1, 0.15) is 0 Å². The average Bonchev–Trinajstić information content (AvgIpc) is 2.37. The van der Waals surface area contributed by atoms with Crippen LogP contribution in [0.2, 0.25) is 0 Å². The van der Waals surface area contributed by atoms with E-state index < -0.39 is 9.84 Å². The summed E-state index contributed by atoms with van der Waals surface area (Å²) in [5, 5.41) is 2.78. The lowest BCUT2D eigenvalue weighted by Crippen LogP contribution is -2.16. The quantitative estimate of drug-likeness (QED) is 0.944. The Balaban J connectivity index is 2.17. The number of aryl methyl sites for hydroxylation is 1. The van der Waals surface area contributed by atoms with Crippen LogP contribution in [0.4, 0.5) is 5.69 Å². The van der Waals surface area contributed by atoms with Gasteiger partial charge in [-0.15, -0.1) is 0 Å². The molecule has 0 saturated carbocycles. The van der Waals surface area contributed by atoms with Crippen molar-refractivity contribution in [3.05, 3.63) is 59.7 Å². The second-order valence-corrected chi connectivity index (χ2v) is 6.96. The monoisotopic (exact) mass is 303 g/mol. The van der Waals surface area contributed by atoms with Crippen molar-refractivity contribution in [1.82, 2.24) is 0 Å². The molecule has 0 fully saturated rings. The zero-order valence-electron chi connectivity index (χ0n) is 12.0. The molecule has 0 heterocycles. The van der Waals surface area contributed by atoms with Crippen LogP contribution in [0, 0.1) is 6.92 Å². The number of sulfone groups is 1. The first-order valence-corrected chi connectivity index (χ1v) is 8.40. The SMILES string of the molecule is Cc1cccc(NC(=O)Cc2ccccc2S(C)(=O)=O)c1. The third-order valence-electron chi connectivity index (χ3n) is 3.02. The van der Waals surface area contributed by atoms with E-state index in [-0.39, 0.29) is 17.2 Å². The van der Waals surface area contributed by atoms with Crippen molar-refractivity contribution in [1.29, 1.82) is 0 Å². The highest BCUT2D eigenvalue weighted by Gasteiger charge is 2.15. The van der Waals surface area contributed by atoms with E-state index in [0.717, 1.165) is 11.8 Å². The molecular formula is C16H17NO3S. The molecule has 1 amide bonds. The number of benzene rings is 2. The van der Waals surface area contributed by atoms with Gasteiger partial charge in [0, 0.05) is 11.9 Å². The van der Waals surface area contributed by atoms with Crippen LogP contribution in [0.5, 0.6) is 0 Å². The molecule has 0 unspecified atom stereocenters. The molecule has 4 nitrogen and oxygen atoms in total. The summed E-state index contributed by atoms with van der Waals surface area (Å²) >= 11 is 0. The maximum Gasteiger partial charge on any atom is 0.228 e. The topological polar surface area (TPSA) is 63.2 Å². The molecule has 0 saturated heterocycles. The van der Waals surface area contributed by atoms with Gasteiger partial charge in [-0.3, -0.25) is 4.79 Å². The lowest BCUT2D eigenvalue weighted by Gasteiger charge is -2.09. The molecule has 2 aromatic carbocycles. The Morgan fingerprint density at radius 2 is 1.81 bits per heavy atom. The van der Waals surface area contributed by atoms with Gasteiger partial charge in [-0.1, -0.05) is 30.3 Å². The van der Waals surface area contributed by atoms with Gasteiger partial charge in [0.15, 0.2) is 9.84 Å². The van der Waals surface area contributed by atoms with Gasteiger partial charge in [-0.05, 0) is 36.2 Å². The minimum atomic E-state index is -3.34. The molecule has 0 bridgehead atoms. The van der Waals surface area contributed by atoms with Crippen LogP contribution >= 0.6 is 0 Å². The van der Waals surface area contributed by atoms with Crippen molar-refractivity contribution in [3.63, 3.8) is 0 Å². The molecule has 110 valence electrons. The fourth-order valence-corrected chi connectivity index (χ4v) is 3.05. The van der Waals surface area contributed by atoms with Gasteiger partial charge in [0.05, 0.1) is 11.3 Å². The van der Waals surface area contributed by atoms with Crippen LogP contribution in [0.15, 0.2) is 53.4 Å². The Kier molecular flexibility index (Phi) is 4.43. The molecule has 0 aliphatic rings. The normalized spacial score (nSPS) is 11.1. The number of anilines is 1. The van der Waals surface area contributed by atoms with Crippen molar-refractivity contribution in [3.8, 4) is 0 Å².